The second kappa shape index (κ2) is 8.96. The van der Waals surface area contributed by atoms with Gasteiger partial charge in [0.2, 0.25) is 12.5 Å². The third-order valence-corrected chi connectivity index (χ3v) is 5.25. The molecule has 4 rings (SSSR count). The fraction of sp³-hybridized carbons (Fsp3) is 0.412. The summed E-state index contributed by atoms with van der Waals surface area (Å²) in [5.74, 6) is 2.23. The van der Waals surface area contributed by atoms with Crippen molar-refractivity contribution in [2.24, 2.45) is 0 Å². The summed E-state index contributed by atoms with van der Waals surface area (Å²) < 4.78 is 16.7. The first kappa shape index (κ1) is 20.1. The summed E-state index contributed by atoms with van der Waals surface area (Å²) in [5, 5.41) is 5.56. The molecule has 2 aliphatic rings. The molecule has 1 N–H and O–H groups in total. The molecule has 5 nitrogen and oxygen atoms in total. The van der Waals surface area contributed by atoms with E-state index in [2.05, 4.69) is 39.9 Å². The van der Waals surface area contributed by atoms with Crippen LogP contribution in [0.2, 0.25) is 0 Å². The van der Waals surface area contributed by atoms with Crippen molar-refractivity contribution in [1.29, 1.82) is 0 Å². The fourth-order valence-corrected chi connectivity index (χ4v) is 4.14. The Bertz CT molecular complexity index is 679. The van der Waals surface area contributed by atoms with Gasteiger partial charge < -0.3 is 19.5 Å². The van der Waals surface area contributed by atoms with Crippen LogP contribution >= 0.6 is 36.2 Å². The number of ether oxygens (including phenoxy) is 3. The van der Waals surface area contributed by atoms with Crippen molar-refractivity contribution in [1.82, 2.24) is 10.2 Å². The first-order chi connectivity index (χ1) is 11.4. The zero-order valence-corrected chi connectivity index (χ0v) is 16.3. The molecule has 2 aliphatic heterocycles. The quantitative estimate of drug-likeness (QED) is 0.846. The summed E-state index contributed by atoms with van der Waals surface area (Å²) in [6.45, 7) is 4.35. The van der Waals surface area contributed by atoms with Crippen molar-refractivity contribution in [2.45, 2.75) is 6.04 Å². The third kappa shape index (κ3) is 3.99. The number of benzene rings is 1. The van der Waals surface area contributed by atoms with Crippen molar-refractivity contribution in [2.75, 3.05) is 40.1 Å². The minimum Gasteiger partial charge on any atom is -0.493 e. The standard InChI is InChI=1S/C17H20N2O3S.2ClH/c1-20-13-9-12(10-14-17(13)22-11-21-14)16(15-3-2-8-23-15)19-6-4-18-5-7-19;;/h2-3,8-10,16,18H,4-7,11H2,1H3;2*1H/t16-;;/m0../s1. The zero-order valence-electron chi connectivity index (χ0n) is 13.9. The summed E-state index contributed by atoms with van der Waals surface area (Å²) in [5.41, 5.74) is 1.19. The Morgan fingerprint density at radius 1 is 1.20 bits per heavy atom. The Morgan fingerprint density at radius 3 is 2.68 bits per heavy atom. The lowest BCUT2D eigenvalue weighted by atomic mass is 10.0. The number of methoxy groups -OCH3 is 1. The van der Waals surface area contributed by atoms with Gasteiger partial charge in [-0.2, -0.15) is 0 Å². The summed E-state index contributed by atoms with van der Waals surface area (Å²) >= 11 is 1.79. The molecule has 1 aromatic heterocycles. The molecular formula is C17H22Cl2N2O3S. The van der Waals surface area contributed by atoms with Gasteiger partial charge in [-0.25, -0.2) is 0 Å². The van der Waals surface area contributed by atoms with Gasteiger partial charge in [0.05, 0.1) is 13.2 Å². The lowest BCUT2D eigenvalue weighted by Crippen LogP contribution is -2.45. The molecule has 0 spiro atoms. The van der Waals surface area contributed by atoms with E-state index in [9.17, 15) is 0 Å². The van der Waals surface area contributed by atoms with E-state index >= 15 is 0 Å². The van der Waals surface area contributed by atoms with E-state index in [0.717, 1.165) is 37.7 Å². The number of halogens is 2. The first-order valence-corrected chi connectivity index (χ1v) is 8.70. The highest BCUT2D eigenvalue weighted by Crippen LogP contribution is 2.45. The van der Waals surface area contributed by atoms with E-state index in [1.165, 1.54) is 10.4 Å². The van der Waals surface area contributed by atoms with Crippen LogP contribution in [0.4, 0.5) is 0 Å². The van der Waals surface area contributed by atoms with Crippen LogP contribution in [0.5, 0.6) is 17.2 Å². The molecule has 25 heavy (non-hydrogen) atoms. The predicted octanol–water partition coefficient (Wildman–Crippen LogP) is 3.32. The number of fused-ring (bicyclic) bond motifs is 1. The van der Waals surface area contributed by atoms with E-state index in [4.69, 9.17) is 14.2 Å². The van der Waals surface area contributed by atoms with Gasteiger partial charge in [0, 0.05) is 31.1 Å². The van der Waals surface area contributed by atoms with Gasteiger partial charge in [-0.05, 0) is 29.1 Å². The molecule has 0 amide bonds. The van der Waals surface area contributed by atoms with Gasteiger partial charge >= 0.3 is 0 Å². The van der Waals surface area contributed by atoms with Crippen molar-refractivity contribution < 1.29 is 14.2 Å². The summed E-state index contributed by atoms with van der Waals surface area (Å²) in [4.78, 5) is 3.85. The molecule has 138 valence electrons. The summed E-state index contributed by atoms with van der Waals surface area (Å²) in [6.07, 6.45) is 0. The maximum absolute atomic E-state index is 5.61. The average molecular weight is 405 g/mol. The van der Waals surface area contributed by atoms with Crippen LogP contribution in [-0.4, -0.2) is 45.0 Å². The Labute approximate surface area is 164 Å². The Balaban J connectivity index is 0.00000113. The molecule has 1 aromatic carbocycles. The molecule has 1 saturated heterocycles. The van der Waals surface area contributed by atoms with Crippen molar-refractivity contribution in [3.05, 3.63) is 40.1 Å². The number of piperazine rings is 1. The molecule has 3 heterocycles. The number of nitrogens with one attached hydrogen (secondary N) is 1. The number of nitrogens with zero attached hydrogens (tertiary/aromatic N) is 1. The molecular weight excluding hydrogens is 383 g/mol. The minimum absolute atomic E-state index is 0. The van der Waals surface area contributed by atoms with Crippen LogP contribution in [-0.2, 0) is 0 Å². The van der Waals surface area contributed by atoms with Gasteiger partial charge in [0.15, 0.2) is 11.5 Å². The van der Waals surface area contributed by atoms with Crippen LogP contribution in [0.1, 0.15) is 16.5 Å². The summed E-state index contributed by atoms with van der Waals surface area (Å²) in [7, 11) is 1.67. The molecule has 0 unspecified atom stereocenters. The lowest BCUT2D eigenvalue weighted by molar-refractivity contribution is 0.171. The largest absolute Gasteiger partial charge is 0.493 e. The SMILES string of the molecule is COc1cc([C@@H](c2cccs2)N2CCNCC2)cc2c1OCO2.Cl.Cl. The zero-order chi connectivity index (χ0) is 15.6. The predicted molar refractivity (Wildman–Crippen MR) is 104 cm³/mol. The van der Waals surface area contributed by atoms with Gasteiger partial charge in [-0.3, -0.25) is 4.90 Å². The van der Waals surface area contributed by atoms with Crippen LogP contribution in [0.25, 0.3) is 0 Å². The normalized spacial score (nSPS) is 17.3. The van der Waals surface area contributed by atoms with E-state index < -0.39 is 0 Å². The van der Waals surface area contributed by atoms with Crippen LogP contribution in [0.15, 0.2) is 29.6 Å². The fourth-order valence-electron chi connectivity index (χ4n) is 3.25. The van der Waals surface area contributed by atoms with Crippen molar-refractivity contribution >= 4 is 36.2 Å². The Kier molecular flexibility index (Phi) is 7.22. The first-order valence-electron chi connectivity index (χ1n) is 7.82. The Hall–Kier alpha value is -1.18. The number of rotatable bonds is 4. The Morgan fingerprint density at radius 2 is 2.00 bits per heavy atom. The average Bonchev–Trinajstić information content (AvgIpc) is 3.27. The van der Waals surface area contributed by atoms with Crippen LogP contribution in [0.3, 0.4) is 0 Å². The molecule has 8 heteroatoms. The number of thiophene rings is 1. The van der Waals surface area contributed by atoms with Crippen molar-refractivity contribution in [3.63, 3.8) is 0 Å². The van der Waals surface area contributed by atoms with Gasteiger partial charge in [0.25, 0.3) is 0 Å². The molecule has 1 atom stereocenters. The highest BCUT2D eigenvalue weighted by Gasteiger charge is 2.28. The van der Waals surface area contributed by atoms with E-state index in [1.54, 1.807) is 18.4 Å². The second-order valence-corrected chi connectivity index (χ2v) is 6.64. The molecule has 1 fully saturated rings. The van der Waals surface area contributed by atoms with E-state index in [0.29, 0.717) is 5.75 Å². The molecule has 0 bridgehead atoms. The van der Waals surface area contributed by atoms with Gasteiger partial charge in [-0.1, -0.05) is 6.07 Å². The number of hydrogen-bond donors (Lipinski definition) is 1. The molecule has 0 saturated carbocycles. The maximum Gasteiger partial charge on any atom is 0.231 e. The molecule has 0 aliphatic carbocycles. The number of hydrogen-bond acceptors (Lipinski definition) is 6. The smallest absolute Gasteiger partial charge is 0.231 e. The van der Waals surface area contributed by atoms with Gasteiger partial charge in [0.1, 0.15) is 0 Å². The van der Waals surface area contributed by atoms with Crippen LogP contribution < -0.4 is 19.5 Å². The van der Waals surface area contributed by atoms with Crippen molar-refractivity contribution in [3.8, 4) is 17.2 Å². The van der Waals surface area contributed by atoms with E-state index in [1.807, 2.05) is 0 Å². The highest BCUT2D eigenvalue weighted by atomic mass is 35.5. The highest BCUT2D eigenvalue weighted by molar-refractivity contribution is 7.10. The minimum atomic E-state index is 0. The van der Waals surface area contributed by atoms with E-state index in [-0.39, 0.29) is 37.6 Å². The summed E-state index contributed by atoms with van der Waals surface area (Å²) in [6, 6.07) is 8.71. The maximum atomic E-state index is 5.61. The topological polar surface area (TPSA) is 43.0 Å². The molecule has 2 aromatic rings. The van der Waals surface area contributed by atoms with Crippen LogP contribution in [0, 0.1) is 0 Å². The monoisotopic (exact) mass is 404 g/mol. The van der Waals surface area contributed by atoms with Gasteiger partial charge in [-0.15, -0.1) is 36.2 Å². The lowest BCUT2D eigenvalue weighted by Gasteiger charge is -2.35. The third-order valence-electron chi connectivity index (χ3n) is 4.33. The second-order valence-electron chi connectivity index (χ2n) is 5.66. The molecule has 0 radical (unpaired) electrons.